The zero-order chi connectivity index (χ0) is 12.2. The fraction of sp³-hybridized carbons (Fsp3) is 0.125. The van der Waals surface area contributed by atoms with Crippen LogP contribution in [-0.4, -0.2) is 10.5 Å². The number of nitrogens with zero attached hydrogens (tertiary/aromatic N) is 1. The quantitative estimate of drug-likeness (QED) is 0.667. The van der Waals surface area contributed by atoms with E-state index in [0.29, 0.717) is 10.5 Å². The maximum atomic E-state index is 11.6. The van der Waals surface area contributed by atoms with E-state index in [-0.39, 0.29) is 6.29 Å². The minimum Gasteiger partial charge on any atom is -0.288 e. The molecule has 8 heteroatoms. The molecule has 0 spiro atoms. The second kappa shape index (κ2) is 5.34. The summed E-state index contributed by atoms with van der Waals surface area (Å²) in [6, 6.07) is 8.11. The predicted octanol–water partition coefficient (Wildman–Crippen LogP) is 0.238. The molecule has 0 bridgehead atoms. The normalized spacial score (nSPS) is 13.1. The lowest BCUT2D eigenvalue weighted by atomic mass is 10.2. The van der Waals surface area contributed by atoms with Crippen molar-refractivity contribution in [3.8, 4) is 6.07 Å². The van der Waals surface area contributed by atoms with Crippen LogP contribution in [0.5, 0.6) is 0 Å². The number of nitrogens with one attached hydrogen (secondary N) is 1. The van der Waals surface area contributed by atoms with Gasteiger partial charge in [0.25, 0.3) is 0 Å². The highest BCUT2D eigenvalue weighted by molar-refractivity contribution is 7.83. The van der Waals surface area contributed by atoms with Gasteiger partial charge in [0, 0.05) is 0 Å². The topological polar surface area (TPSA) is 122 Å². The number of nitrogens with two attached hydrogens (primary N) is 2. The third-order valence-electron chi connectivity index (χ3n) is 1.64. The van der Waals surface area contributed by atoms with Gasteiger partial charge in [0.15, 0.2) is 0 Å². The molecule has 5 N–H and O–H groups in total. The Kier molecular flexibility index (Phi) is 4.35. The largest absolute Gasteiger partial charge is 0.288 e. The van der Waals surface area contributed by atoms with Crippen LogP contribution in [0, 0.1) is 11.3 Å². The highest BCUT2D eigenvalue weighted by atomic mass is 32.2. The molecule has 0 fully saturated rings. The van der Waals surface area contributed by atoms with E-state index in [1.54, 1.807) is 24.3 Å². The third-order valence-corrected chi connectivity index (χ3v) is 3.61. The first kappa shape index (κ1) is 13.0. The van der Waals surface area contributed by atoms with Gasteiger partial charge in [-0.15, -0.1) is 0 Å². The van der Waals surface area contributed by atoms with E-state index in [2.05, 4.69) is 4.72 Å². The van der Waals surface area contributed by atoms with Gasteiger partial charge in [0.05, 0.1) is 22.8 Å². The van der Waals surface area contributed by atoms with Crippen molar-refractivity contribution in [2.45, 2.75) is 4.90 Å². The molecule has 6 nitrogen and oxygen atoms in total. The molecule has 0 aliphatic rings. The van der Waals surface area contributed by atoms with E-state index >= 15 is 0 Å². The molecule has 0 radical (unpaired) electrons. The number of nitriles is 1. The zero-order valence-electron chi connectivity index (χ0n) is 8.29. The van der Waals surface area contributed by atoms with Crippen molar-refractivity contribution in [1.82, 2.24) is 4.72 Å². The van der Waals surface area contributed by atoms with E-state index in [1.807, 2.05) is 6.07 Å². The first-order valence-corrected chi connectivity index (χ1v) is 7.42. The van der Waals surface area contributed by atoms with Crippen LogP contribution in [0.3, 0.4) is 0 Å². The molecule has 1 aromatic carbocycles. The molecule has 0 saturated carbocycles. The van der Waals surface area contributed by atoms with Crippen LogP contribution in [0.4, 0.5) is 0 Å². The maximum Gasteiger partial charge on any atom is 0.220 e. The Balaban J connectivity index is 2.67. The summed E-state index contributed by atoms with van der Waals surface area (Å²) in [5.74, 6) is 0. The number of benzene rings is 1. The van der Waals surface area contributed by atoms with E-state index in [1.165, 1.54) is 0 Å². The Morgan fingerprint density at radius 1 is 1.38 bits per heavy atom. The second-order valence-corrected chi connectivity index (χ2v) is 6.38. The van der Waals surface area contributed by atoms with Crippen LogP contribution in [0.25, 0.3) is 0 Å². The summed E-state index contributed by atoms with van der Waals surface area (Å²) >= 11 is 0. The van der Waals surface area contributed by atoms with Crippen LogP contribution in [0.15, 0.2) is 29.2 Å². The van der Waals surface area contributed by atoms with Gasteiger partial charge in [0.1, 0.15) is 11.0 Å². The number of hydrogen-bond acceptors (Lipinski definition) is 3. The minimum absolute atomic E-state index is 0.209. The summed E-state index contributed by atoms with van der Waals surface area (Å²) in [4.78, 5) is 0.465. The zero-order valence-corrected chi connectivity index (χ0v) is 10.0. The summed E-state index contributed by atoms with van der Waals surface area (Å²) in [6.07, 6.45) is -0.209. The molecular formula is C8H11N4O2PS. The van der Waals surface area contributed by atoms with Gasteiger partial charge in [0.2, 0.25) is 7.44 Å². The van der Waals surface area contributed by atoms with Gasteiger partial charge < -0.3 is 0 Å². The van der Waals surface area contributed by atoms with Crippen molar-refractivity contribution in [2.24, 2.45) is 11.0 Å². The van der Waals surface area contributed by atoms with Crippen LogP contribution in [0.1, 0.15) is 5.56 Å². The summed E-state index contributed by atoms with van der Waals surface area (Å²) in [5.41, 5.74) is 10.7. The lowest BCUT2D eigenvalue weighted by Crippen LogP contribution is -2.24. The summed E-state index contributed by atoms with van der Waals surface area (Å²) in [5, 5.41) is 8.57. The molecule has 1 unspecified atom stereocenters. The van der Waals surface area contributed by atoms with Gasteiger partial charge >= 0.3 is 0 Å². The van der Waals surface area contributed by atoms with Crippen LogP contribution in [0.2, 0.25) is 0 Å². The fourth-order valence-electron chi connectivity index (χ4n) is 0.896. The Bertz CT molecular complexity index is 476. The molecule has 0 heterocycles. The molecule has 0 saturated heterocycles. The molecule has 16 heavy (non-hydrogen) atoms. The van der Waals surface area contributed by atoms with Gasteiger partial charge in [-0.1, -0.05) is 0 Å². The molecule has 0 aliphatic carbocycles. The van der Waals surface area contributed by atoms with E-state index < -0.39 is 18.4 Å². The predicted molar refractivity (Wildman–Crippen MR) is 61.5 cm³/mol. The van der Waals surface area contributed by atoms with Crippen molar-refractivity contribution in [1.29, 1.82) is 5.26 Å². The first-order valence-electron chi connectivity index (χ1n) is 4.24. The standard InChI is InChI=1S/C8H11N4O2PS/c9-5-7-1-3-8(4-2-7)16(14)12-6-15(10,11)13/h1-4,12H,6H2,(H4,10,11,13). The van der Waals surface area contributed by atoms with E-state index in [9.17, 15) is 8.77 Å². The Morgan fingerprint density at radius 2 is 1.94 bits per heavy atom. The third kappa shape index (κ3) is 4.23. The van der Waals surface area contributed by atoms with Crippen molar-refractivity contribution >= 4 is 18.4 Å². The lowest BCUT2D eigenvalue weighted by Gasteiger charge is -2.07. The number of rotatable bonds is 4. The summed E-state index contributed by atoms with van der Waals surface area (Å²) in [6.45, 7) is 0. The molecule has 0 amide bonds. The van der Waals surface area contributed by atoms with Gasteiger partial charge in [-0.05, 0) is 24.3 Å². The molecule has 0 aliphatic heterocycles. The summed E-state index contributed by atoms with van der Waals surface area (Å²) < 4.78 is 25.0. The van der Waals surface area contributed by atoms with Gasteiger partial charge in [-0.25, -0.2) is 8.93 Å². The Morgan fingerprint density at radius 3 is 2.38 bits per heavy atom. The molecular weight excluding hydrogens is 247 g/mol. The minimum atomic E-state index is -3.21. The number of hydrogen-bond donors (Lipinski definition) is 3. The SMILES string of the molecule is N#Cc1ccc(S(=O)NCP(N)(N)=O)cc1. The van der Waals surface area contributed by atoms with Crippen molar-refractivity contribution in [3.05, 3.63) is 29.8 Å². The molecule has 1 atom stereocenters. The van der Waals surface area contributed by atoms with E-state index in [0.717, 1.165) is 0 Å². The first-order chi connectivity index (χ1) is 7.42. The van der Waals surface area contributed by atoms with Gasteiger partial charge in [-0.3, -0.25) is 15.6 Å². The Hall–Kier alpha value is -1.03. The lowest BCUT2D eigenvalue weighted by molar-refractivity contribution is 0.575. The molecule has 86 valence electrons. The fourth-order valence-corrected chi connectivity index (χ4v) is 2.72. The average molecular weight is 258 g/mol. The van der Waals surface area contributed by atoms with E-state index in [4.69, 9.17) is 16.3 Å². The molecule has 1 aromatic rings. The smallest absolute Gasteiger partial charge is 0.220 e. The van der Waals surface area contributed by atoms with Crippen molar-refractivity contribution < 1.29 is 8.77 Å². The average Bonchev–Trinajstić information content (AvgIpc) is 2.25. The van der Waals surface area contributed by atoms with Crippen LogP contribution in [-0.2, 0) is 15.6 Å². The Labute approximate surface area is 95.7 Å². The second-order valence-electron chi connectivity index (χ2n) is 3.06. The summed E-state index contributed by atoms with van der Waals surface area (Å²) in [7, 11) is -4.74. The van der Waals surface area contributed by atoms with Crippen LogP contribution < -0.4 is 15.7 Å². The highest BCUT2D eigenvalue weighted by Crippen LogP contribution is 2.22. The highest BCUT2D eigenvalue weighted by Gasteiger charge is 2.11. The van der Waals surface area contributed by atoms with Gasteiger partial charge in [-0.2, -0.15) is 5.26 Å². The molecule has 0 aromatic heterocycles. The molecule has 1 rings (SSSR count). The maximum absolute atomic E-state index is 11.6. The monoisotopic (exact) mass is 258 g/mol. The van der Waals surface area contributed by atoms with Crippen molar-refractivity contribution in [3.63, 3.8) is 0 Å². The van der Waals surface area contributed by atoms with Crippen molar-refractivity contribution in [2.75, 3.05) is 6.29 Å². The van der Waals surface area contributed by atoms with Crippen LogP contribution >= 0.6 is 7.44 Å².